The molecule has 0 bridgehead atoms. The summed E-state index contributed by atoms with van der Waals surface area (Å²) < 4.78 is 0. The van der Waals surface area contributed by atoms with Crippen molar-refractivity contribution >= 4 is 17.0 Å². The lowest BCUT2D eigenvalue weighted by Gasteiger charge is -2.27. The second-order valence-electron chi connectivity index (χ2n) is 8.30. The third-order valence-corrected chi connectivity index (χ3v) is 5.84. The maximum Gasteiger partial charge on any atom is 0.174 e. The molecule has 0 atom stereocenters. The van der Waals surface area contributed by atoms with Gasteiger partial charge in [0.05, 0.1) is 5.41 Å². The average molecular weight is 382 g/mol. The number of fused-ring (bicyclic) bond motifs is 1. The number of rotatable bonds is 5. The Labute approximate surface area is 173 Å². The lowest BCUT2D eigenvalue weighted by Crippen LogP contribution is -2.31. The molecule has 1 aliphatic heterocycles. The number of Topliss-reactive ketones (excluding diaryl/α,β-unsaturated/α-hetero) is 1. The number of ketones is 1. The summed E-state index contributed by atoms with van der Waals surface area (Å²) >= 11 is 0. The second-order valence-corrected chi connectivity index (χ2v) is 8.30. The van der Waals surface area contributed by atoms with Gasteiger partial charge in [-0.15, -0.1) is 0 Å². The van der Waals surface area contributed by atoms with Crippen LogP contribution >= 0.6 is 0 Å². The molecule has 4 rings (SSSR count). The van der Waals surface area contributed by atoms with Gasteiger partial charge in [-0.3, -0.25) is 4.79 Å². The molecule has 0 radical (unpaired) electrons. The van der Waals surface area contributed by atoms with Gasteiger partial charge in [0.1, 0.15) is 0 Å². The molecule has 2 heteroatoms. The first-order valence-electron chi connectivity index (χ1n) is 10.2. The molecule has 0 fully saturated rings. The van der Waals surface area contributed by atoms with Crippen LogP contribution in [0, 0.1) is 6.92 Å². The van der Waals surface area contributed by atoms with Crippen molar-refractivity contribution in [2.45, 2.75) is 32.6 Å². The van der Waals surface area contributed by atoms with Crippen LogP contribution in [-0.2, 0) is 16.6 Å². The molecule has 0 aromatic heterocycles. The van der Waals surface area contributed by atoms with Crippen molar-refractivity contribution in [3.63, 3.8) is 0 Å². The van der Waals surface area contributed by atoms with E-state index in [0.29, 0.717) is 0 Å². The Morgan fingerprint density at radius 2 is 1.59 bits per heavy atom. The van der Waals surface area contributed by atoms with E-state index in [9.17, 15) is 4.79 Å². The van der Waals surface area contributed by atoms with Crippen molar-refractivity contribution in [1.82, 2.24) is 0 Å². The van der Waals surface area contributed by atoms with Crippen molar-refractivity contribution < 1.29 is 4.79 Å². The van der Waals surface area contributed by atoms with Crippen LogP contribution in [0.3, 0.4) is 0 Å². The number of nitrogens with zero attached hydrogens (tertiary/aromatic N) is 1. The fourth-order valence-electron chi connectivity index (χ4n) is 4.05. The highest BCUT2D eigenvalue weighted by molar-refractivity contribution is 6.25. The monoisotopic (exact) mass is 381 g/mol. The summed E-state index contributed by atoms with van der Waals surface area (Å²) in [5.74, 6) is 0.135. The van der Waals surface area contributed by atoms with Crippen LogP contribution in [0.15, 0.2) is 85.1 Å². The Morgan fingerprint density at radius 3 is 2.28 bits per heavy atom. The quantitative estimate of drug-likeness (QED) is 0.509. The molecule has 29 heavy (non-hydrogen) atoms. The molecule has 0 aliphatic carbocycles. The van der Waals surface area contributed by atoms with E-state index in [1.165, 1.54) is 16.8 Å². The summed E-state index contributed by atoms with van der Waals surface area (Å²) in [6.07, 6.45) is 3.06. The average Bonchev–Trinajstić information content (AvgIpc) is 3.14. The summed E-state index contributed by atoms with van der Waals surface area (Å²) in [4.78, 5) is 16.1. The zero-order chi connectivity index (χ0) is 20.4. The molecule has 0 saturated heterocycles. The van der Waals surface area contributed by atoms with Crippen LogP contribution in [0.4, 0.5) is 5.69 Å². The molecule has 0 N–H and O–H groups in total. The zero-order valence-electron chi connectivity index (χ0n) is 17.4. The van der Waals surface area contributed by atoms with Gasteiger partial charge in [-0.1, -0.05) is 78.4 Å². The predicted octanol–water partition coefficient (Wildman–Crippen LogP) is 5.95. The van der Waals surface area contributed by atoms with E-state index in [-0.39, 0.29) is 5.78 Å². The molecular weight excluding hydrogens is 354 g/mol. The normalized spacial score (nSPS) is 14.0. The van der Waals surface area contributed by atoms with Crippen molar-refractivity contribution in [3.8, 4) is 0 Å². The fraction of sp³-hybridized carbons (Fsp3) is 0.222. The molecule has 3 aromatic rings. The summed E-state index contributed by atoms with van der Waals surface area (Å²) in [5.41, 5.74) is 5.97. The number of allylic oxidation sites excluding steroid dienone is 1. The third kappa shape index (κ3) is 3.75. The number of carbonyl (C=O) groups excluding carboxylic acids is 1. The molecule has 0 amide bonds. The Kier molecular flexibility index (Phi) is 5.10. The van der Waals surface area contributed by atoms with Gasteiger partial charge in [-0.25, -0.2) is 0 Å². The molecule has 1 heterocycles. The molecule has 0 spiro atoms. The highest BCUT2D eigenvalue weighted by atomic mass is 16.1. The van der Waals surface area contributed by atoms with Crippen molar-refractivity contribution in [3.05, 3.63) is 107 Å². The summed E-state index contributed by atoms with van der Waals surface area (Å²) in [5, 5.41) is 0. The Balaban J connectivity index is 1.78. The van der Waals surface area contributed by atoms with Gasteiger partial charge in [0.2, 0.25) is 0 Å². The molecule has 146 valence electrons. The van der Waals surface area contributed by atoms with Crippen LogP contribution < -0.4 is 4.90 Å². The van der Waals surface area contributed by atoms with Gasteiger partial charge in [-0.05, 0) is 49.9 Å². The minimum absolute atomic E-state index is 0.135. The zero-order valence-corrected chi connectivity index (χ0v) is 17.4. The topological polar surface area (TPSA) is 20.3 Å². The number of anilines is 1. The van der Waals surface area contributed by atoms with Crippen LogP contribution in [0.5, 0.6) is 0 Å². The number of hydrogen-bond acceptors (Lipinski definition) is 2. The fourth-order valence-corrected chi connectivity index (χ4v) is 4.05. The van der Waals surface area contributed by atoms with Crippen LogP contribution in [0.1, 0.15) is 36.1 Å². The first-order chi connectivity index (χ1) is 14.0. The van der Waals surface area contributed by atoms with E-state index in [1.54, 1.807) is 0 Å². The van der Waals surface area contributed by atoms with E-state index < -0.39 is 5.41 Å². The summed E-state index contributed by atoms with van der Waals surface area (Å²) in [7, 11) is 0. The van der Waals surface area contributed by atoms with Crippen molar-refractivity contribution in [1.29, 1.82) is 0 Å². The lowest BCUT2D eigenvalue weighted by atomic mass is 9.76. The first kappa shape index (κ1) is 19.2. The highest BCUT2D eigenvalue weighted by Crippen LogP contribution is 2.34. The number of carbonyl (C=O) groups is 1. The van der Waals surface area contributed by atoms with Gasteiger partial charge in [0.15, 0.2) is 5.78 Å². The van der Waals surface area contributed by atoms with Gasteiger partial charge in [0, 0.05) is 24.0 Å². The highest BCUT2D eigenvalue weighted by Gasteiger charge is 2.33. The molecule has 3 aromatic carbocycles. The van der Waals surface area contributed by atoms with Crippen molar-refractivity contribution in [2.75, 3.05) is 11.4 Å². The van der Waals surface area contributed by atoms with Gasteiger partial charge in [-0.2, -0.15) is 0 Å². The summed E-state index contributed by atoms with van der Waals surface area (Å²) in [6.45, 7) is 7.06. The number of aryl methyl sites for hydroxylation is 1. The molecule has 2 nitrogen and oxygen atoms in total. The number of benzene rings is 3. The largest absolute Gasteiger partial charge is 0.347 e. The van der Waals surface area contributed by atoms with Crippen LogP contribution in [-0.4, -0.2) is 12.3 Å². The van der Waals surface area contributed by atoms with Gasteiger partial charge in [0.25, 0.3) is 0 Å². The molecule has 0 saturated carbocycles. The predicted molar refractivity (Wildman–Crippen MR) is 121 cm³/mol. The smallest absolute Gasteiger partial charge is 0.174 e. The van der Waals surface area contributed by atoms with E-state index in [2.05, 4.69) is 36.2 Å². The SMILES string of the molecule is Cc1ccc2c(c1)CCN2/C=C(/C(=O)C(C)(C)c1ccccc1)c1ccccc1. The third-order valence-electron chi connectivity index (χ3n) is 5.84. The van der Waals surface area contributed by atoms with E-state index in [0.717, 1.165) is 29.7 Å². The van der Waals surface area contributed by atoms with Gasteiger partial charge >= 0.3 is 0 Å². The van der Waals surface area contributed by atoms with Crippen molar-refractivity contribution in [2.24, 2.45) is 0 Å². The maximum absolute atomic E-state index is 13.8. The number of hydrogen-bond donors (Lipinski definition) is 0. The van der Waals surface area contributed by atoms with E-state index in [1.807, 2.05) is 74.5 Å². The van der Waals surface area contributed by atoms with E-state index in [4.69, 9.17) is 0 Å². The molecule has 1 aliphatic rings. The minimum Gasteiger partial charge on any atom is -0.347 e. The maximum atomic E-state index is 13.8. The summed E-state index contributed by atoms with van der Waals surface area (Å²) in [6, 6.07) is 26.6. The molecular formula is C27H27NO. The van der Waals surface area contributed by atoms with Crippen LogP contribution in [0.25, 0.3) is 5.57 Å². The second kappa shape index (κ2) is 7.71. The van der Waals surface area contributed by atoms with E-state index >= 15 is 0 Å². The first-order valence-corrected chi connectivity index (χ1v) is 10.2. The van der Waals surface area contributed by atoms with Crippen LogP contribution in [0.2, 0.25) is 0 Å². The Bertz CT molecular complexity index is 1050. The lowest BCUT2D eigenvalue weighted by molar-refractivity contribution is -0.117. The minimum atomic E-state index is -0.612. The standard InChI is InChI=1S/C27H27NO/c1-20-14-15-25-22(18-20)16-17-28(25)19-24(21-10-6-4-7-11-21)26(29)27(2,3)23-12-8-5-9-13-23/h4-15,18-19H,16-17H2,1-3H3/b24-19+. The van der Waals surface area contributed by atoms with Gasteiger partial charge < -0.3 is 4.90 Å². The Hall–Kier alpha value is -3.13. The Morgan fingerprint density at radius 1 is 0.931 bits per heavy atom. The molecule has 0 unspecified atom stereocenters.